The molecule has 0 bridgehead atoms. The maximum absolute atomic E-state index is 12.0. The molecule has 0 aromatic rings. The Balaban J connectivity index is 2.91. The Labute approximate surface area is 117 Å². The van der Waals surface area contributed by atoms with E-state index >= 15 is 0 Å². The van der Waals surface area contributed by atoms with Crippen molar-refractivity contribution in [2.45, 2.75) is 71.6 Å². The van der Waals surface area contributed by atoms with E-state index in [1.807, 2.05) is 6.92 Å². The van der Waals surface area contributed by atoms with Crippen LogP contribution in [0.2, 0.25) is 0 Å². The first kappa shape index (κ1) is 16.4. The topological polar surface area (TPSA) is 38.8 Å². The van der Waals surface area contributed by atoms with Crippen LogP contribution in [0.1, 0.15) is 53.9 Å². The first-order chi connectivity index (χ1) is 8.97. The highest BCUT2D eigenvalue weighted by atomic mass is 16.5. The molecule has 0 radical (unpaired) electrons. The fourth-order valence-corrected chi connectivity index (χ4v) is 3.54. The summed E-state index contributed by atoms with van der Waals surface area (Å²) in [6, 6.07) is 0. The van der Waals surface area contributed by atoms with E-state index in [1.54, 1.807) is 0 Å². The number of ether oxygens (including phenoxy) is 2. The zero-order valence-electron chi connectivity index (χ0n) is 13.1. The van der Waals surface area contributed by atoms with Gasteiger partial charge in [-0.05, 0) is 46.7 Å². The van der Waals surface area contributed by atoms with Crippen molar-refractivity contribution < 1.29 is 14.3 Å². The molecule has 112 valence electrons. The van der Waals surface area contributed by atoms with Crippen LogP contribution < -0.4 is 0 Å². The van der Waals surface area contributed by atoms with Gasteiger partial charge in [0.2, 0.25) is 0 Å². The first-order valence-corrected chi connectivity index (χ1v) is 7.53. The van der Waals surface area contributed by atoms with Crippen molar-refractivity contribution in [2.24, 2.45) is 0 Å². The van der Waals surface area contributed by atoms with Crippen LogP contribution in [0.4, 0.5) is 0 Å². The fraction of sp³-hybridized carbons (Fsp3) is 0.933. The molecule has 4 nitrogen and oxygen atoms in total. The van der Waals surface area contributed by atoms with Crippen LogP contribution >= 0.6 is 0 Å². The van der Waals surface area contributed by atoms with Gasteiger partial charge >= 0.3 is 5.97 Å². The van der Waals surface area contributed by atoms with Gasteiger partial charge in [0, 0.05) is 5.54 Å². The van der Waals surface area contributed by atoms with Crippen molar-refractivity contribution in [1.29, 1.82) is 0 Å². The Kier molecular flexibility index (Phi) is 6.27. The third-order valence-corrected chi connectivity index (χ3v) is 4.01. The highest BCUT2D eigenvalue weighted by Gasteiger charge is 2.44. The number of carbonyl (C=O) groups excluding carboxylic acids is 1. The third kappa shape index (κ3) is 4.18. The predicted octanol–water partition coefficient (Wildman–Crippen LogP) is 2.61. The summed E-state index contributed by atoms with van der Waals surface area (Å²) in [6.45, 7) is 12.7. The monoisotopic (exact) mass is 271 g/mol. The van der Waals surface area contributed by atoms with E-state index < -0.39 is 0 Å². The third-order valence-electron chi connectivity index (χ3n) is 4.01. The number of hydrogen-bond donors (Lipinski definition) is 0. The average Bonchev–Trinajstić information content (AvgIpc) is 2.28. The van der Waals surface area contributed by atoms with E-state index in [9.17, 15) is 4.79 Å². The van der Waals surface area contributed by atoms with E-state index in [0.29, 0.717) is 13.0 Å². The van der Waals surface area contributed by atoms with E-state index in [2.05, 4.69) is 32.6 Å². The zero-order chi connectivity index (χ0) is 14.5. The number of nitrogens with zero attached hydrogens (tertiary/aromatic N) is 1. The molecule has 1 aliphatic heterocycles. The van der Waals surface area contributed by atoms with Gasteiger partial charge in [-0.15, -0.1) is 0 Å². The minimum absolute atomic E-state index is 0.0873. The molecule has 4 heteroatoms. The van der Waals surface area contributed by atoms with Gasteiger partial charge in [-0.3, -0.25) is 9.69 Å². The van der Waals surface area contributed by atoms with Gasteiger partial charge in [-0.25, -0.2) is 0 Å². The Bertz CT molecular complexity index is 279. The van der Waals surface area contributed by atoms with Crippen molar-refractivity contribution >= 4 is 5.97 Å². The van der Waals surface area contributed by atoms with Gasteiger partial charge < -0.3 is 9.47 Å². The number of esters is 1. The van der Waals surface area contributed by atoms with Gasteiger partial charge in [0.25, 0.3) is 0 Å². The zero-order valence-corrected chi connectivity index (χ0v) is 13.1. The molecule has 2 unspecified atom stereocenters. The number of hydrogen-bond acceptors (Lipinski definition) is 4. The summed E-state index contributed by atoms with van der Waals surface area (Å²) in [6.07, 6.45) is 2.66. The largest absolute Gasteiger partial charge is 0.466 e. The number of carbonyl (C=O) groups is 1. The van der Waals surface area contributed by atoms with Crippen molar-refractivity contribution in [3.8, 4) is 0 Å². The van der Waals surface area contributed by atoms with Crippen molar-refractivity contribution in [3.63, 3.8) is 0 Å². The molecular weight excluding hydrogens is 242 g/mol. The molecule has 0 amide bonds. The second-order valence-corrected chi connectivity index (χ2v) is 5.54. The summed E-state index contributed by atoms with van der Waals surface area (Å²) >= 11 is 0. The molecule has 1 aliphatic rings. The Morgan fingerprint density at radius 3 is 2.16 bits per heavy atom. The molecule has 1 fully saturated rings. The fourth-order valence-electron chi connectivity index (χ4n) is 3.54. The minimum Gasteiger partial charge on any atom is -0.466 e. The molecule has 0 saturated carbocycles. The summed E-state index contributed by atoms with van der Waals surface area (Å²) in [5, 5.41) is 0. The van der Waals surface area contributed by atoms with Crippen LogP contribution in [0.15, 0.2) is 0 Å². The second kappa shape index (κ2) is 7.25. The average molecular weight is 271 g/mol. The molecule has 2 atom stereocenters. The summed E-state index contributed by atoms with van der Waals surface area (Å²) < 4.78 is 11.0. The predicted molar refractivity (Wildman–Crippen MR) is 76.1 cm³/mol. The minimum atomic E-state index is -0.104. The molecule has 1 saturated heterocycles. The van der Waals surface area contributed by atoms with E-state index in [-0.39, 0.29) is 23.7 Å². The Morgan fingerprint density at radius 2 is 1.74 bits per heavy atom. The molecule has 19 heavy (non-hydrogen) atoms. The van der Waals surface area contributed by atoms with Crippen molar-refractivity contribution in [3.05, 3.63) is 0 Å². The standard InChI is InChI=1S/C15H29NO3/c1-6-16(7-2)15(11-14(17)18-8-3)9-12(4)19-13(5)10-15/h12-13H,6-11H2,1-5H3. The molecule has 0 aromatic heterocycles. The summed E-state index contributed by atoms with van der Waals surface area (Å²) in [7, 11) is 0. The summed E-state index contributed by atoms with van der Waals surface area (Å²) in [5.74, 6) is -0.0873. The van der Waals surface area contributed by atoms with E-state index in [0.717, 1.165) is 25.9 Å². The van der Waals surface area contributed by atoms with Gasteiger partial charge in [0.1, 0.15) is 0 Å². The molecular formula is C15H29NO3. The molecule has 0 spiro atoms. The lowest BCUT2D eigenvalue weighted by atomic mass is 9.79. The molecule has 1 rings (SSSR count). The van der Waals surface area contributed by atoms with Gasteiger partial charge in [-0.1, -0.05) is 13.8 Å². The SMILES string of the molecule is CCOC(=O)CC1(N(CC)CC)CC(C)OC(C)C1. The van der Waals surface area contributed by atoms with Gasteiger partial charge in [0.15, 0.2) is 0 Å². The number of rotatable bonds is 6. The molecule has 0 aromatic carbocycles. The van der Waals surface area contributed by atoms with E-state index in [1.165, 1.54) is 0 Å². The van der Waals surface area contributed by atoms with Crippen LogP contribution in [0.25, 0.3) is 0 Å². The van der Waals surface area contributed by atoms with Crippen molar-refractivity contribution in [2.75, 3.05) is 19.7 Å². The van der Waals surface area contributed by atoms with Crippen LogP contribution in [-0.4, -0.2) is 48.3 Å². The van der Waals surface area contributed by atoms with Crippen LogP contribution in [-0.2, 0) is 14.3 Å². The molecule has 0 N–H and O–H groups in total. The lowest BCUT2D eigenvalue weighted by Crippen LogP contribution is -2.56. The quantitative estimate of drug-likeness (QED) is 0.696. The lowest BCUT2D eigenvalue weighted by Gasteiger charge is -2.49. The second-order valence-electron chi connectivity index (χ2n) is 5.54. The van der Waals surface area contributed by atoms with E-state index in [4.69, 9.17) is 9.47 Å². The van der Waals surface area contributed by atoms with Crippen LogP contribution in [0, 0.1) is 0 Å². The first-order valence-electron chi connectivity index (χ1n) is 7.53. The van der Waals surface area contributed by atoms with Crippen molar-refractivity contribution in [1.82, 2.24) is 4.90 Å². The smallest absolute Gasteiger partial charge is 0.307 e. The lowest BCUT2D eigenvalue weighted by molar-refractivity contribution is -0.154. The molecule has 1 heterocycles. The molecule has 0 aliphatic carbocycles. The van der Waals surface area contributed by atoms with Gasteiger partial charge in [0.05, 0.1) is 25.2 Å². The summed E-state index contributed by atoms with van der Waals surface area (Å²) in [5.41, 5.74) is -0.104. The maximum atomic E-state index is 12.0. The Morgan fingerprint density at radius 1 is 1.21 bits per heavy atom. The summed E-state index contributed by atoms with van der Waals surface area (Å²) in [4.78, 5) is 14.4. The Hall–Kier alpha value is -0.610. The highest BCUT2D eigenvalue weighted by Crippen LogP contribution is 2.37. The normalized spacial score (nSPS) is 31.5. The van der Waals surface area contributed by atoms with Gasteiger partial charge in [-0.2, -0.15) is 0 Å². The highest BCUT2D eigenvalue weighted by molar-refractivity contribution is 5.71. The van der Waals surface area contributed by atoms with Crippen LogP contribution in [0.5, 0.6) is 0 Å². The maximum Gasteiger partial charge on any atom is 0.307 e. The van der Waals surface area contributed by atoms with Crippen LogP contribution in [0.3, 0.4) is 0 Å².